The summed E-state index contributed by atoms with van der Waals surface area (Å²) in [5.74, 6) is -0.515. The molecule has 2 amide bonds. The van der Waals surface area contributed by atoms with Gasteiger partial charge in [0, 0.05) is 13.2 Å². The molecule has 0 aromatic heterocycles. The van der Waals surface area contributed by atoms with Crippen LogP contribution < -0.4 is 10.6 Å². The van der Waals surface area contributed by atoms with Gasteiger partial charge in [-0.15, -0.1) is 0 Å². The van der Waals surface area contributed by atoms with Crippen LogP contribution in [0.15, 0.2) is 48.5 Å². The highest BCUT2D eigenvalue weighted by atomic mass is 16.5. The van der Waals surface area contributed by atoms with E-state index in [2.05, 4.69) is 10.6 Å². The van der Waals surface area contributed by atoms with Gasteiger partial charge >= 0.3 is 0 Å². The van der Waals surface area contributed by atoms with E-state index in [9.17, 15) is 9.59 Å². The maximum Gasteiger partial charge on any atom is 0.253 e. The first-order valence-electron chi connectivity index (χ1n) is 7.90. The molecule has 0 aliphatic rings. The molecule has 0 aliphatic carbocycles. The molecule has 0 spiro atoms. The Morgan fingerprint density at radius 3 is 2.46 bits per heavy atom. The lowest BCUT2D eigenvalue weighted by molar-refractivity contribution is -0.120. The lowest BCUT2D eigenvalue weighted by Crippen LogP contribution is -2.25. The first-order chi connectivity index (χ1) is 11.6. The standard InChI is InChI=1S/C19H22N2O3/c1-3-24-13-18(22)21-17-7-5-4-6-16(17)19(23)20-12-15-10-8-14(2)9-11-15/h4-11H,3,12-13H2,1-2H3,(H,20,23)(H,21,22). The largest absolute Gasteiger partial charge is 0.372 e. The van der Waals surface area contributed by atoms with Crippen LogP contribution in [0, 0.1) is 6.92 Å². The fourth-order valence-electron chi connectivity index (χ4n) is 2.15. The monoisotopic (exact) mass is 326 g/mol. The zero-order valence-corrected chi connectivity index (χ0v) is 14.0. The molecule has 5 nitrogen and oxygen atoms in total. The van der Waals surface area contributed by atoms with Gasteiger partial charge in [-0.1, -0.05) is 42.0 Å². The van der Waals surface area contributed by atoms with Gasteiger partial charge in [0.15, 0.2) is 0 Å². The summed E-state index contributed by atoms with van der Waals surface area (Å²) in [6.45, 7) is 4.70. The molecule has 0 saturated carbocycles. The van der Waals surface area contributed by atoms with E-state index < -0.39 is 0 Å². The smallest absolute Gasteiger partial charge is 0.253 e. The van der Waals surface area contributed by atoms with E-state index in [1.165, 1.54) is 5.56 Å². The highest BCUT2D eigenvalue weighted by Crippen LogP contribution is 2.15. The number of hydrogen-bond acceptors (Lipinski definition) is 3. The Hall–Kier alpha value is -2.66. The van der Waals surface area contributed by atoms with Crippen LogP contribution in [-0.2, 0) is 16.1 Å². The van der Waals surface area contributed by atoms with Crippen molar-refractivity contribution < 1.29 is 14.3 Å². The summed E-state index contributed by atoms with van der Waals surface area (Å²) >= 11 is 0. The fraction of sp³-hybridized carbons (Fsp3) is 0.263. The summed E-state index contributed by atoms with van der Waals surface area (Å²) in [7, 11) is 0. The highest BCUT2D eigenvalue weighted by Gasteiger charge is 2.12. The number of carbonyl (C=O) groups is 2. The zero-order valence-electron chi connectivity index (χ0n) is 14.0. The minimum absolute atomic E-state index is 0.0319. The number of nitrogens with one attached hydrogen (secondary N) is 2. The average Bonchev–Trinajstić information content (AvgIpc) is 2.59. The SMILES string of the molecule is CCOCC(=O)Nc1ccccc1C(=O)NCc1ccc(C)cc1. The van der Waals surface area contributed by atoms with E-state index in [-0.39, 0.29) is 18.4 Å². The van der Waals surface area contributed by atoms with Gasteiger partial charge in [-0.3, -0.25) is 9.59 Å². The van der Waals surface area contributed by atoms with Crippen molar-refractivity contribution in [2.75, 3.05) is 18.5 Å². The molecule has 126 valence electrons. The van der Waals surface area contributed by atoms with Crippen molar-refractivity contribution in [1.29, 1.82) is 0 Å². The zero-order chi connectivity index (χ0) is 17.4. The number of para-hydroxylation sites is 1. The van der Waals surface area contributed by atoms with Gasteiger partial charge in [0.1, 0.15) is 6.61 Å². The minimum atomic E-state index is -0.282. The number of amides is 2. The van der Waals surface area contributed by atoms with Gasteiger partial charge in [0.2, 0.25) is 5.91 Å². The lowest BCUT2D eigenvalue weighted by Gasteiger charge is -2.11. The Morgan fingerprint density at radius 1 is 1.04 bits per heavy atom. The van der Waals surface area contributed by atoms with Crippen molar-refractivity contribution in [2.45, 2.75) is 20.4 Å². The molecule has 2 aromatic rings. The van der Waals surface area contributed by atoms with E-state index in [0.29, 0.717) is 24.4 Å². The molecule has 5 heteroatoms. The second kappa shape index (κ2) is 8.84. The van der Waals surface area contributed by atoms with E-state index in [0.717, 1.165) is 5.56 Å². The first kappa shape index (κ1) is 17.7. The maximum atomic E-state index is 12.4. The predicted molar refractivity (Wildman–Crippen MR) is 93.9 cm³/mol. The molecule has 0 aliphatic heterocycles. The average molecular weight is 326 g/mol. The molecule has 0 heterocycles. The summed E-state index contributed by atoms with van der Waals surface area (Å²) in [5, 5.41) is 5.58. The van der Waals surface area contributed by atoms with Crippen LogP contribution in [0.1, 0.15) is 28.4 Å². The molecule has 0 saturated heterocycles. The summed E-state index contributed by atoms with van der Waals surface area (Å²) in [6.07, 6.45) is 0. The van der Waals surface area contributed by atoms with Crippen LogP contribution in [0.4, 0.5) is 5.69 Å². The molecule has 0 bridgehead atoms. The van der Waals surface area contributed by atoms with E-state index in [4.69, 9.17) is 4.74 Å². The van der Waals surface area contributed by atoms with Crippen molar-refractivity contribution in [3.05, 3.63) is 65.2 Å². The summed E-state index contributed by atoms with van der Waals surface area (Å²) in [6, 6.07) is 14.9. The van der Waals surface area contributed by atoms with Gasteiger partial charge in [-0.25, -0.2) is 0 Å². The minimum Gasteiger partial charge on any atom is -0.372 e. The van der Waals surface area contributed by atoms with Crippen molar-refractivity contribution in [3.63, 3.8) is 0 Å². The third-order valence-electron chi connectivity index (χ3n) is 3.46. The summed E-state index contributed by atoms with van der Waals surface area (Å²) in [4.78, 5) is 24.2. The van der Waals surface area contributed by atoms with Gasteiger partial charge in [0.05, 0.1) is 11.3 Å². The third kappa shape index (κ3) is 5.21. The molecule has 0 fully saturated rings. The van der Waals surface area contributed by atoms with E-state index in [1.807, 2.05) is 38.1 Å². The number of hydrogen-bond donors (Lipinski definition) is 2. The Labute approximate surface area is 142 Å². The summed E-state index contributed by atoms with van der Waals surface area (Å²) in [5.41, 5.74) is 3.09. The second-order valence-corrected chi connectivity index (χ2v) is 5.40. The Balaban J connectivity index is 2.01. The first-order valence-corrected chi connectivity index (χ1v) is 7.90. The van der Waals surface area contributed by atoms with Crippen LogP contribution in [0.3, 0.4) is 0 Å². The van der Waals surface area contributed by atoms with Gasteiger partial charge < -0.3 is 15.4 Å². The number of benzene rings is 2. The summed E-state index contributed by atoms with van der Waals surface area (Å²) < 4.78 is 5.07. The maximum absolute atomic E-state index is 12.4. The number of carbonyl (C=O) groups excluding carboxylic acids is 2. The van der Waals surface area contributed by atoms with Crippen LogP contribution in [0.25, 0.3) is 0 Å². The van der Waals surface area contributed by atoms with Crippen molar-refractivity contribution >= 4 is 17.5 Å². The van der Waals surface area contributed by atoms with Crippen LogP contribution in [0.2, 0.25) is 0 Å². The topological polar surface area (TPSA) is 67.4 Å². The molecule has 0 radical (unpaired) electrons. The quantitative estimate of drug-likeness (QED) is 0.822. The number of ether oxygens (including phenoxy) is 1. The highest BCUT2D eigenvalue weighted by molar-refractivity contribution is 6.03. The number of anilines is 1. The molecular formula is C19H22N2O3. The Morgan fingerprint density at radius 2 is 1.75 bits per heavy atom. The van der Waals surface area contributed by atoms with Crippen LogP contribution in [-0.4, -0.2) is 25.0 Å². The van der Waals surface area contributed by atoms with E-state index in [1.54, 1.807) is 24.3 Å². The van der Waals surface area contributed by atoms with E-state index >= 15 is 0 Å². The lowest BCUT2D eigenvalue weighted by atomic mass is 10.1. The number of aryl methyl sites for hydroxylation is 1. The Kier molecular flexibility index (Phi) is 6.51. The van der Waals surface area contributed by atoms with Gasteiger partial charge in [-0.05, 0) is 31.5 Å². The van der Waals surface area contributed by atoms with Gasteiger partial charge in [-0.2, -0.15) is 0 Å². The number of rotatable bonds is 7. The molecule has 0 unspecified atom stereocenters. The molecule has 24 heavy (non-hydrogen) atoms. The van der Waals surface area contributed by atoms with Crippen molar-refractivity contribution in [1.82, 2.24) is 5.32 Å². The van der Waals surface area contributed by atoms with Crippen LogP contribution >= 0.6 is 0 Å². The predicted octanol–water partition coefficient (Wildman–Crippen LogP) is 2.90. The van der Waals surface area contributed by atoms with Gasteiger partial charge in [0.25, 0.3) is 5.91 Å². The fourth-order valence-corrected chi connectivity index (χ4v) is 2.15. The van der Waals surface area contributed by atoms with Crippen molar-refractivity contribution in [3.8, 4) is 0 Å². The molecule has 2 N–H and O–H groups in total. The third-order valence-corrected chi connectivity index (χ3v) is 3.46. The molecule has 2 aromatic carbocycles. The molecule has 0 atom stereocenters. The normalized spacial score (nSPS) is 10.2. The second-order valence-electron chi connectivity index (χ2n) is 5.40. The van der Waals surface area contributed by atoms with Crippen LogP contribution in [0.5, 0.6) is 0 Å². The van der Waals surface area contributed by atoms with Crippen molar-refractivity contribution in [2.24, 2.45) is 0 Å². The Bertz CT molecular complexity index is 696. The molecular weight excluding hydrogens is 304 g/mol. The molecule has 2 rings (SSSR count).